The van der Waals surface area contributed by atoms with E-state index in [1.165, 1.54) is 7.11 Å². The van der Waals surface area contributed by atoms with Crippen molar-refractivity contribution in [2.75, 3.05) is 7.11 Å². The molecular weight excluding hydrogens is 178 g/mol. The SMILES string of the molecule is COc1cccc(Cl)c1C(N)=O. The lowest BCUT2D eigenvalue weighted by Crippen LogP contribution is -2.12. The first kappa shape index (κ1) is 8.87. The van der Waals surface area contributed by atoms with Gasteiger partial charge in [0.25, 0.3) is 5.91 Å². The second kappa shape index (κ2) is 3.45. The standard InChI is InChI=1S/C8H8ClNO2/c1-12-6-4-2-3-5(9)7(6)8(10)11/h2-4H,1H3,(H2,10,11). The predicted molar refractivity (Wildman–Crippen MR) is 46.5 cm³/mol. The highest BCUT2D eigenvalue weighted by atomic mass is 35.5. The van der Waals surface area contributed by atoms with Gasteiger partial charge in [0.2, 0.25) is 0 Å². The van der Waals surface area contributed by atoms with Gasteiger partial charge in [-0.25, -0.2) is 0 Å². The molecule has 12 heavy (non-hydrogen) atoms. The zero-order valence-electron chi connectivity index (χ0n) is 6.50. The first-order chi connectivity index (χ1) is 5.66. The molecule has 2 N–H and O–H groups in total. The molecule has 0 radical (unpaired) electrons. The smallest absolute Gasteiger partial charge is 0.253 e. The summed E-state index contributed by atoms with van der Waals surface area (Å²) in [5.74, 6) is -0.188. The lowest BCUT2D eigenvalue weighted by molar-refractivity contribution is 0.0997. The van der Waals surface area contributed by atoms with E-state index in [4.69, 9.17) is 22.1 Å². The number of carbonyl (C=O) groups excluding carboxylic acids is 1. The molecule has 0 spiro atoms. The third-order valence-electron chi connectivity index (χ3n) is 1.44. The molecule has 0 atom stereocenters. The van der Waals surface area contributed by atoms with Gasteiger partial charge in [-0.3, -0.25) is 4.79 Å². The molecule has 64 valence electrons. The van der Waals surface area contributed by atoms with E-state index in [0.717, 1.165) is 0 Å². The summed E-state index contributed by atoms with van der Waals surface area (Å²) < 4.78 is 4.90. The summed E-state index contributed by atoms with van der Waals surface area (Å²) in [5.41, 5.74) is 5.31. The normalized spacial score (nSPS) is 9.50. The molecule has 0 saturated carbocycles. The summed E-state index contributed by atoms with van der Waals surface area (Å²) >= 11 is 5.72. The number of benzene rings is 1. The lowest BCUT2D eigenvalue weighted by atomic mass is 10.2. The van der Waals surface area contributed by atoms with Crippen molar-refractivity contribution in [3.63, 3.8) is 0 Å². The van der Waals surface area contributed by atoms with Gasteiger partial charge in [-0.05, 0) is 12.1 Å². The van der Waals surface area contributed by atoms with Gasteiger partial charge in [0.1, 0.15) is 5.75 Å². The first-order valence-corrected chi connectivity index (χ1v) is 3.67. The molecular formula is C8H8ClNO2. The molecule has 3 nitrogen and oxygen atoms in total. The maximum atomic E-state index is 10.9. The van der Waals surface area contributed by atoms with Crippen molar-refractivity contribution >= 4 is 17.5 Å². The van der Waals surface area contributed by atoms with Crippen LogP contribution in [-0.2, 0) is 0 Å². The fourth-order valence-corrected chi connectivity index (χ4v) is 1.17. The number of nitrogens with two attached hydrogens (primary N) is 1. The summed E-state index contributed by atoms with van der Waals surface area (Å²) in [7, 11) is 1.46. The quantitative estimate of drug-likeness (QED) is 0.758. The summed E-state index contributed by atoms with van der Waals surface area (Å²) in [5, 5.41) is 0.307. The number of hydrogen-bond acceptors (Lipinski definition) is 2. The number of hydrogen-bond donors (Lipinski definition) is 1. The predicted octanol–water partition coefficient (Wildman–Crippen LogP) is 1.45. The van der Waals surface area contributed by atoms with Crippen LogP contribution in [0, 0.1) is 0 Å². The van der Waals surface area contributed by atoms with Crippen molar-refractivity contribution in [1.29, 1.82) is 0 Å². The minimum Gasteiger partial charge on any atom is -0.496 e. The van der Waals surface area contributed by atoms with Crippen molar-refractivity contribution in [1.82, 2.24) is 0 Å². The van der Waals surface area contributed by atoms with E-state index < -0.39 is 5.91 Å². The molecule has 4 heteroatoms. The summed E-state index contributed by atoms with van der Waals surface area (Å²) in [6, 6.07) is 4.91. The number of amides is 1. The summed E-state index contributed by atoms with van der Waals surface area (Å²) in [6.07, 6.45) is 0. The maximum absolute atomic E-state index is 10.9. The molecule has 0 aromatic heterocycles. The number of carbonyl (C=O) groups is 1. The van der Waals surface area contributed by atoms with E-state index in [2.05, 4.69) is 0 Å². The van der Waals surface area contributed by atoms with Gasteiger partial charge in [0, 0.05) is 0 Å². The Morgan fingerprint density at radius 3 is 2.67 bits per heavy atom. The van der Waals surface area contributed by atoms with Crippen LogP contribution in [0.5, 0.6) is 5.75 Å². The number of primary amides is 1. The van der Waals surface area contributed by atoms with Gasteiger partial charge in [0.05, 0.1) is 17.7 Å². The molecule has 0 aliphatic heterocycles. The van der Waals surface area contributed by atoms with Crippen LogP contribution in [-0.4, -0.2) is 13.0 Å². The number of halogens is 1. The Morgan fingerprint density at radius 1 is 1.58 bits per heavy atom. The van der Waals surface area contributed by atoms with Crippen LogP contribution in [0.15, 0.2) is 18.2 Å². The highest BCUT2D eigenvalue weighted by molar-refractivity contribution is 6.34. The van der Waals surface area contributed by atoms with Gasteiger partial charge in [-0.1, -0.05) is 17.7 Å². The Labute approximate surface area is 75.1 Å². The molecule has 1 rings (SSSR count). The fraction of sp³-hybridized carbons (Fsp3) is 0.125. The monoisotopic (exact) mass is 185 g/mol. The second-order valence-electron chi connectivity index (χ2n) is 2.18. The van der Waals surface area contributed by atoms with Gasteiger partial charge >= 0.3 is 0 Å². The highest BCUT2D eigenvalue weighted by Gasteiger charge is 2.11. The summed E-state index contributed by atoms with van der Waals surface area (Å²) in [4.78, 5) is 10.9. The maximum Gasteiger partial charge on any atom is 0.253 e. The van der Waals surface area contributed by atoms with Gasteiger partial charge in [0.15, 0.2) is 0 Å². The van der Waals surface area contributed by atoms with E-state index in [1.54, 1.807) is 18.2 Å². The van der Waals surface area contributed by atoms with Crippen molar-refractivity contribution < 1.29 is 9.53 Å². The van der Waals surface area contributed by atoms with Crippen molar-refractivity contribution in [3.8, 4) is 5.75 Å². The minimum atomic E-state index is -0.586. The molecule has 1 amide bonds. The molecule has 0 aliphatic rings. The number of methoxy groups -OCH3 is 1. The van der Waals surface area contributed by atoms with Crippen molar-refractivity contribution in [2.24, 2.45) is 5.73 Å². The molecule has 0 fully saturated rings. The number of ether oxygens (including phenoxy) is 1. The third kappa shape index (κ3) is 1.51. The molecule has 0 unspecified atom stereocenters. The molecule has 0 heterocycles. The Bertz CT molecular complexity index is 312. The topological polar surface area (TPSA) is 52.3 Å². The highest BCUT2D eigenvalue weighted by Crippen LogP contribution is 2.25. The van der Waals surface area contributed by atoms with Crippen molar-refractivity contribution in [2.45, 2.75) is 0 Å². The van der Waals surface area contributed by atoms with Gasteiger partial charge in [-0.15, -0.1) is 0 Å². The number of rotatable bonds is 2. The Morgan fingerprint density at radius 2 is 2.25 bits per heavy atom. The molecule has 1 aromatic carbocycles. The van der Waals surface area contributed by atoms with Gasteiger partial charge < -0.3 is 10.5 Å². The van der Waals surface area contributed by atoms with Crippen LogP contribution in [0.4, 0.5) is 0 Å². The van der Waals surface area contributed by atoms with Gasteiger partial charge in [-0.2, -0.15) is 0 Å². The Hall–Kier alpha value is -1.22. The van der Waals surface area contributed by atoms with E-state index in [0.29, 0.717) is 10.8 Å². The van der Waals surface area contributed by atoms with E-state index in [-0.39, 0.29) is 5.56 Å². The molecule has 1 aromatic rings. The Balaban J connectivity index is 3.29. The fourth-order valence-electron chi connectivity index (χ4n) is 0.914. The van der Waals surface area contributed by atoms with E-state index in [1.807, 2.05) is 0 Å². The Kier molecular flexibility index (Phi) is 2.55. The first-order valence-electron chi connectivity index (χ1n) is 3.29. The van der Waals surface area contributed by atoms with E-state index in [9.17, 15) is 4.79 Å². The van der Waals surface area contributed by atoms with Crippen LogP contribution < -0.4 is 10.5 Å². The van der Waals surface area contributed by atoms with E-state index >= 15 is 0 Å². The third-order valence-corrected chi connectivity index (χ3v) is 1.76. The van der Waals surface area contributed by atoms with Crippen LogP contribution in [0.25, 0.3) is 0 Å². The van der Waals surface area contributed by atoms with Crippen LogP contribution in [0.3, 0.4) is 0 Å². The van der Waals surface area contributed by atoms with Crippen LogP contribution >= 0.6 is 11.6 Å². The largest absolute Gasteiger partial charge is 0.496 e. The van der Waals surface area contributed by atoms with Crippen molar-refractivity contribution in [3.05, 3.63) is 28.8 Å². The zero-order chi connectivity index (χ0) is 9.14. The lowest BCUT2D eigenvalue weighted by Gasteiger charge is -2.05. The zero-order valence-corrected chi connectivity index (χ0v) is 7.26. The second-order valence-corrected chi connectivity index (χ2v) is 2.59. The van der Waals surface area contributed by atoms with Crippen LogP contribution in [0.1, 0.15) is 10.4 Å². The molecule has 0 bridgehead atoms. The average molecular weight is 186 g/mol. The average Bonchev–Trinajstić information content (AvgIpc) is 2.03. The molecule has 0 aliphatic carbocycles. The molecule has 0 saturated heterocycles. The van der Waals surface area contributed by atoms with Crippen LogP contribution in [0.2, 0.25) is 5.02 Å². The minimum absolute atomic E-state index is 0.224. The summed E-state index contributed by atoms with van der Waals surface area (Å²) in [6.45, 7) is 0.